The Kier molecular flexibility index (Phi) is 3.11. The fourth-order valence-corrected chi connectivity index (χ4v) is 1.21. The minimum atomic E-state index is -0.765. The Labute approximate surface area is 66.1 Å². The van der Waals surface area contributed by atoms with Gasteiger partial charge in [-0.05, 0) is 19.4 Å². The summed E-state index contributed by atoms with van der Waals surface area (Å²) in [5.74, 6) is -0.765. The van der Waals surface area contributed by atoms with Gasteiger partial charge in [0, 0.05) is 6.04 Å². The van der Waals surface area contributed by atoms with Gasteiger partial charge >= 0.3 is 5.97 Å². The highest BCUT2D eigenvalue weighted by molar-refractivity contribution is 5.68. The molecule has 0 spiro atoms. The lowest BCUT2D eigenvalue weighted by atomic mass is 10.2. The van der Waals surface area contributed by atoms with Crippen molar-refractivity contribution < 1.29 is 9.90 Å². The van der Waals surface area contributed by atoms with Crippen LogP contribution in [-0.4, -0.2) is 23.7 Å². The predicted octanol–water partition coefficient (Wildman–Crippen LogP) is 0.769. The number of hydrogen-bond donors (Lipinski definition) is 2. The summed E-state index contributed by atoms with van der Waals surface area (Å²) in [6.07, 6.45) is 6.13. The van der Waals surface area contributed by atoms with Gasteiger partial charge in [-0.15, -0.1) is 0 Å². The molecule has 1 unspecified atom stereocenters. The molecule has 1 aliphatic rings. The summed E-state index contributed by atoms with van der Waals surface area (Å²) in [6.45, 7) is 1.06. The van der Waals surface area contributed by atoms with E-state index < -0.39 is 5.97 Å². The molecule has 0 aliphatic carbocycles. The fraction of sp³-hybridized carbons (Fsp3) is 0.625. The van der Waals surface area contributed by atoms with Gasteiger partial charge in [0.2, 0.25) is 0 Å². The average molecular weight is 155 g/mol. The van der Waals surface area contributed by atoms with Crippen LogP contribution in [0.25, 0.3) is 0 Å². The van der Waals surface area contributed by atoms with Crippen molar-refractivity contribution in [2.75, 3.05) is 6.54 Å². The predicted molar refractivity (Wildman–Crippen MR) is 42.4 cm³/mol. The topological polar surface area (TPSA) is 49.3 Å². The van der Waals surface area contributed by atoms with Crippen molar-refractivity contribution in [2.24, 2.45) is 0 Å². The summed E-state index contributed by atoms with van der Waals surface area (Å²) in [5.41, 5.74) is 0. The maximum atomic E-state index is 10.1. The zero-order valence-electron chi connectivity index (χ0n) is 6.42. The molecule has 1 fully saturated rings. The van der Waals surface area contributed by atoms with Crippen LogP contribution >= 0.6 is 0 Å². The highest BCUT2D eigenvalue weighted by atomic mass is 16.4. The third-order valence-corrected chi connectivity index (χ3v) is 1.76. The van der Waals surface area contributed by atoms with Crippen LogP contribution in [0.1, 0.15) is 19.3 Å². The summed E-state index contributed by atoms with van der Waals surface area (Å²) in [6, 6.07) is 0.411. The third kappa shape index (κ3) is 3.18. The van der Waals surface area contributed by atoms with Gasteiger partial charge in [0.15, 0.2) is 0 Å². The number of aliphatic carboxylic acids is 1. The molecule has 1 aliphatic heterocycles. The molecule has 3 heteroatoms. The first-order valence-corrected chi connectivity index (χ1v) is 3.91. The van der Waals surface area contributed by atoms with Crippen LogP contribution in [0.5, 0.6) is 0 Å². The quantitative estimate of drug-likeness (QED) is 0.592. The number of carboxylic acids is 1. The van der Waals surface area contributed by atoms with E-state index in [9.17, 15) is 4.79 Å². The Balaban J connectivity index is 2.17. The standard InChI is InChI=1S/C8H13NO2/c10-8(11)5-1-3-7-4-2-6-9-7/h1,3,7,9H,2,4-6H2,(H,10,11)/b3-1-. The summed E-state index contributed by atoms with van der Waals surface area (Å²) in [5, 5.41) is 11.6. The Morgan fingerprint density at radius 3 is 3.09 bits per heavy atom. The summed E-state index contributed by atoms with van der Waals surface area (Å²) in [7, 11) is 0. The SMILES string of the molecule is O=C(O)C/C=C\C1CCCN1. The van der Waals surface area contributed by atoms with Crippen molar-refractivity contribution in [3.05, 3.63) is 12.2 Å². The molecular formula is C8H13NO2. The molecule has 0 bridgehead atoms. The van der Waals surface area contributed by atoms with Crippen LogP contribution in [0, 0.1) is 0 Å². The maximum Gasteiger partial charge on any atom is 0.307 e. The third-order valence-electron chi connectivity index (χ3n) is 1.76. The monoisotopic (exact) mass is 155 g/mol. The second-order valence-corrected chi connectivity index (χ2v) is 2.73. The molecule has 0 radical (unpaired) electrons. The first-order chi connectivity index (χ1) is 5.29. The highest BCUT2D eigenvalue weighted by Gasteiger charge is 2.09. The smallest absolute Gasteiger partial charge is 0.307 e. The lowest BCUT2D eigenvalue weighted by Crippen LogP contribution is -2.18. The van der Waals surface area contributed by atoms with E-state index in [0.29, 0.717) is 6.04 Å². The summed E-state index contributed by atoms with van der Waals surface area (Å²) < 4.78 is 0. The molecule has 2 N–H and O–H groups in total. The maximum absolute atomic E-state index is 10.1. The number of carboxylic acid groups (broad SMARTS) is 1. The molecule has 62 valence electrons. The fourth-order valence-electron chi connectivity index (χ4n) is 1.21. The lowest BCUT2D eigenvalue weighted by molar-refractivity contribution is -0.136. The van der Waals surface area contributed by atoms with Crippen LogP contribution in [0.2, 0.25) is 0 Å². The summed E-state index contributed by atoms with van der Waals surface area (Å²) in [4.78, 5) is 10.1. The van der Waals surface area contributed by atoms with Crippen molar-refractivity contribution in [3.63, 3.8) is 0 Å². The molecule has 0 aromatic carbocycles. The van der Waals surface area contributed by atoms with Crippen molar-refractivity contribution in [1.29, 1.82) is 0 Å². The molecule has 1 saturated heterocycles. The minimum absolute atomic E-state index is 0.137. The van der Waals surface area contributed by atoms with E-state index in [4.69, 9.17) is 5.11 Å². The van der Waals surface area contributed by atoms with Gasteiger partial charge in [-0.1, -0.05) is 12.2 Å². The van der Waals surface area contributed by atoms with Crippen LogP contribution in [0.4, 0.5) is 0 Å². The van der Waals surface area contributed by atoms with E-state index in [0.717, 1.165) is 13.0 Å². The lowest BCUT2D eigenvalue weighted by Gasteiger charge is -2.00. The molecule has 0 saturated carbocycles. The summed E-state index contributed by atoms with van der Waals surface area (Å²) >= 11 is 0. The van der Waals surface area contributed by atoms with E-state index >= 15 is 0 Å². The van der Waals surface area contributed by atoms with Crippen molar-refractivity contribution in [3.8, 4) is 0 Å². The van der Waals surface area contributed by atoms with Gasteiger partial charge in [0.25, 0.3) is 0 Å². The van der Waals surface area contributed by atoms with Crippen LogP contribution < -0.4 is 5.32 Å². The van der Waals surface area contributed by atoms with Crippen molar-refractivity contribution >= 4 is 5.97 Å². The molecule has 11 heavy (non-hydrogen) atoms. The molecule has 1 rings (SSSR count). The largest absolute Gasteiger partial charge is 0.481 e. The zero-order chi connectivity index (χ0) is 8.10. The van der Waals surface area contributed by atoms with E-state index in [2.05, 4.69) is 5.32 Å². The highest BCUT2D eigenvalue weighted by Crippen LogP contribution is 2.05. The minimum Gasteiger partial charge on any atom is -0.481 e. The van der Waals surface area contributed by atoms with Gasteiger partial charge in [0.1, 0.15) is 0 Å². The van der Waals surface area contributed by atoms with E-state index in [1.54, 1.807) is 6.08 Å². The Morgan fingerprint density at radius 2 is 2.55 bits per heavy atom. The van der Waals surface area contributed by atoms with E-state index in [1.165, 1.54) is 6.42 Å². The first-order valence-electron chi connectivity index (χ1n) is 3.91. The molecule has 0 aromatic rings. The van der Waals surface area contributed by atoms with Gasteiger partial charge < -0.3 is 10.4 Å². The number of rotatable bonds is 3. The second kappa shape index (κ2) is 4.13. The van der Waals surface area contributed by atoms with Crippen molar-refractivity contribution in [2.45, 2.75) is 25.3 Å². The Hall–Kier alpha value is -0.830. The second-order valence-electron chi connectivity index (χ2n) is 2.73. The molecule has 3 nitrogen and oxygen atoms in total. The van der Waals surface area contributed by atoms with Gasteiger partial charge in [-0.25, -0.2) is 0 Å². The van der Waals surface area contributed by atoms with Gasteiger partial charge in [-0.2, -0.15) is 0 Å². The normalized spacial score (nSPS) is 24.5. The van der Waals surface area contributed by atoms with Crippen LogP contribution in [-0.2, 0) is 4.79 Å². The first kappa shape index (κ1) is 8.27. The average Bonchev–Trinajstić information content (AvgIpc) is 2.39. The van der Waals surface area contributed by atoms with Crippen LogP contribution in [0.15, 0.2) is 12.2 Å². The Bertz CT molecular complexity index is 159. The number of carbonyl (C=O) groups is 1. The molecule has 1 heterocycles. The molecule has 1 atom stereocenters. The Morgan fingerprint density at radius 1 is 1.73 bits per heavy atom. The number of nitrogens with one attached hydrogen (secondary N) is 1. The van der Waals surface area contributed by atoms with Gasteiger partial charge in [-0.3, -0.25) is 4.79 Å². The van der Waals surface area contributed by atoms with Crippen LogP contribution in [0.3, 0.4) is 0 Å². The molecule has 0 aromatic heterocycles. The van der Waals surface area contributed by atoms with E-state index in [-0.39, 0.29) is 6.42 Å². The zero-order valence-corrected chi connectivity index (χ0v) is 6.42. The number of hydrogen-bond acceptors (Lipinski definition) is 2. The molecule has 0 amide bonds. The van der Waals surface area contributed by atoms with Crippen molar-refractivity contribution in [1.82, 2.24) is 5.32 Å². The van der Waals surface area contributed by atoms with E-state index in [1.807, 2.05) is 6.08 Å². The van der Waals surface area contributed by atoms with Gasteiger partial charge in [0.05, 0.1) is 6.42 Å². The molecular weight excluding hydrogens is 142 g/mol.